The van der Waals surface area contributed by atoms with Crippen LogP contribution in [0.3, 0.4) is 0 Å². The van der Waals surface area contributed by atoms with Crippen LogP contribution in [0, 0.1) is 23.7 Å². The molecule has 1 aliphatic carbocycles. The number of carbonyl (C=O) groups excluding carboxylic acids is 2. The Morgan fingerprint density at radius 2 is 1.86 bits per heavy atom. The van der Waals surface area contributed by atoms with E-state index >= 15 is 0 Å². The molecule has 3 aromatic rings. The molecule has 1 aromatic carbocycles. The third-order valence-corrected chi connectivity index (χ3v) is 6.07. The summed E-state index contributed by atoms with van der Waals surface area (Å²) in [4.78, 5) is 29.1. The molecular weight excluding hydrogens is 466 g/mol. The summed E-state index contributed by atoms with van der Waals surface area (Å²) in [6.45, 7) is 7.91. The fraction of sp³-hybridized carbons (Fsp3) is 0.286. The van der Waals surface area contributed by atoms with Crippen molar-refractivity contribution in [1.82, 2.24) is 14.8 Å². The lowest BCUT2D eigenvalue weighted by Gasteiger charge is -2.18. The Hall–Kier alpha value is -4.40. The first-order chi connectivity index (χ1) is 17.5. The van der Waals surface area contributed by atoms with E-state index in [0.29, 0.717) is 33.8 Å². The maximum atomic E-state index is 12.8. The minimum atomic E-state index is -0.287. The first kappa shape index (κ1) is 25.7. The van der Waals surface area contributed by atoms with Gasteiger partial charge in [0.05, 0.1) is 23.0 Å². The average molecular weight is 498 g/mol. The number of hydrogen-bond donors (Lipinski definition) is 4. The number of aryl methyl sites for hydroxylation is 1. The Labute approximate surface area is 216 Å². The minimum Gasteiger partial charge on any atom is -0.322 e. The molecule has 37 heavy (non-hydrogen) atoms. The summed E-state index contributed by atoms with van der Waals surface area (Å²) < 4.78 is 1.74. The van der Waals surface area contributed by atoms with E-state index in [1.54, 1.807) is 47.4 Å². The summed E-state index contributed by atoms with van der Waals surface area (Å²) in [6, 6.07) is 8.81. The Kier molecular flexibility index (Phi) is 7.15. The van der Waals surface area contributed by atoms with Crippen molar-refractivity contribution in [2.45, 2.75) is 46.1 Å². The lowest BCUT2D eigenvalue weighted by atomic mass is 9.99. The monoisotopic (exact) mass is 497 g/mol. The molecule has 1 saturated carbocycles. The molecule has 190 valence electrons. The van der Waals surface area contributed by atoms with Crippen molar-refractivity contribution in [3.63, 3.8) is 0 Å². The molecule has 0 unspecified atom stereocenters. The number of rotatable bonds is 8. The van der Waals surface area contributed by atoms with Crippen LogP contribution >= 0.6 is 0 Å². The molecule has 2 amide bonds. The average Bonchev–Trinajstić information content (AvgIpc) is 3.58. The van der Waals surface area contributed by atoms with Gasteiger partial charge >= 0.3 is 0 Å². The summed E-state index contributed by atoms with van der Waals surface area (Å²) in [7, 11) is 0. The Bertz CT molecular complexity index is 1410. The predicted molar refractivity (Wildman–Crippen MR) is 146 cm³/mol. The molecule has 2 heterocycles. The zero-order valence-corrected chi connectivity index (χ0v) is 21.4. The third-order valence-electron chi connectivity index (χ3n) is 6.07. The number of allylic oxidation sites excluding steroid dienone is 2. The van der Waals surface area contributed by atoms with Gasteiger partial charge < -0.3 is 21.5 Å². The van der Waals surface area contributed by atoms with Crippen LogP contribution in [0.15, 0.2) is 55.0 Å². The van der Waals surface area contributed by atoms with Crippen molar-refractivity contribution >= 4 is 40.8 Å². The lowest BCUT2D eigenvalue weighted by Crippen LogP contribution is -2.22. The molecule has 0 spiro atoms. The normalized spacial score (nSPS) is 13.7. The molecule has 1 fully saturated rings. The van der Waals surface area contributed by atoms with Gasteiger partial charge in [-0.2, -0.15) is 5.10 Å². The zero-order chi connectivity index (χ0) is 26.7. The molecule has 0 atom stereocenters. The van der Waals surface area contributed by atoms with Gasteiger partial charge in [-0.25, -0.2) is 4.98 Å². The van der Waals surface area contributed by atoms with E-state index in [0.717, 1.165) is 18.4 Å². The number of hydrogen-bond acceptors (Lipinski definition) is 6. The topological polar surface area (TPSA) is 137 Å². The van der Waals surface area contributed by atoms with E-state index in [1.165, 1.54) is 12.4 Å². The van der Waals surface area contributed by atoms with E-state index in [-0.39, 0.29) is 29.0 Å². The fourth-order valence-electron chi connectivity index (χ4n) is 3.69. The summed E-state index contributed by atoms with van der Waals surface area (Å²) in [6.07, 6.45) is 9.37. The van der Waals surface area contributed by atoms with Crippen LogP contribution < -0.4 is 10.6 Å². The van der Waals surface area contributed by atoms with E-state index in [2.05, 4.69) is 20.7 Å². The molecule has 0 radical (unpaired) electrons. The SMILES string of the molecule is Cc1ccc(NC(=O)c2cnn(C(C)(C)C)c2)cc1C(=N)/C=C(\C=N)c1ccnc(NC(=O)C2CC2)c1. The number of nitrogens with zero attached hydrogens (tertiary/aromatic N) is 3. The highest BCUT2D eigenvalue weighted by atomic mass is 16.2. The van der Waals surface area contributed by atoms with Gasteiger partial charge in [-0.05, 0) is 82.0 Å². The van der Waals surface area contributed by atoms with Gasteiger partial charge in [0.15, 0.2) is 0 Å². The zero-order valence-electron chi connectivity index (χ0n) is 21.4. The first-order valence-corrected chi connectivity index (χ1v) is 12.1. The summed E-state index contributed by atoms with van der Waals surface area (Å²) in [5.41, 5.74) is 3.60. The van der Waals surface area contributed by atoms with Crippen molar-refractivity contribution in [3.8, 4) is 0 Å². The van der Waals surface area contributed by atoms with E-state index < -0.39 is 0 Å². The summed E-state index contributed by atoms with van der Waals surface area (Å²) in [5, 5.41) is 26.6. The Balaban J connectivity index is 1.53. The van der Waals surface area contributed by atoms with Gasteiger partial charge in [-0.1, -0.05) is 6.07 Å². The van der Waals surface area contributed by atoms with Crippen LogP contribution in [0.25, 0.3) is 5.57 Å². The predicted octanol–water partition coefficient (Wildman–Crippen LogP) is 5.04. The van der Waals surface area contributed by atoms with Crippen molar-refractivity contribution in [1.29, 1.82) is 10.8 Å². The summed E-state index contributed by atoms with van der Waals surface area (Å²) >= 11 is 0. The van der Waals surface area contributed by atoms with Crippen molar-refractivity contribution in [3.05, 3.63) is 77.3 Å². The van der Waals surface area contributed by atoms with Gasteiger partial charge in [0.25, 0.3) is 5.91 Å². The number of nitrogens with one attached hydrogen (secondary N) is 4. The van der Waals surface area contributed by atoms with Crippen molar-refractivity contribution in [2.24, 2.45) is 5.92 Å². The molecular formula is C28H31N7O2. The molecule has 4 rings (SSSR count). The lowest BCUT2D eigenvalue weighted by molar-refractivity contribution is -0.117. The molecule has 1 aliphatic rings. The van der Waals surface area contributed by atoms with Crippen LogP contribution in [0.4, 0.5) is 11.5 Å². The summed E-state index contributed by atoms with van der Waals surface area (Å²) in [5.74, 6) is 0.147. The maximum Gasteiger partial charge on any atom is 0.258 e. The second-order valence-corrected chi connectivity index (χ2v) is 10.2. The fourth-order valence-corrected chi connectivity index (χ4v) is 3.69. The molecule has 0 saturated heterocycles. The maximum absolute atomic E-state index is 12.8. The molecule has 4 N–H and O–H groups in total. The largest absolute Gasteiger partial charge is 0.322 e. The smallest absolute Gasteiger partial charge is 0.258 e. The third kappa shape index (κ3) is 6.24. The van der Waals surface area contributed by atoms with Crippen LogP contribution in [-0.4, -0.2) is 38.5 Å². The van der Waals surface area contributed by atoms with Gasteiger partial charge in [0.2, 0.25) is 5.91 Å². The number of carbonyl (C=O) groups is 2. The van der Waals surface area contributed by atoms with Crippen LogP contribution in [0.1, 0.15) is 60.7 Å². The van der Waals surface area contributed by atoms with Gasteiger partial charge in [-0.15, -0.1) is 0 Å². The minimum absolute atomic E-state index is 0.0435. The quantitative estimate of drug-likeness (QED) is 0.324. The van der Waals surface area contributed by atoms with Crippen molar-refractivity contribution < 1.29 is 9.59 Å². The Morgan fingerprint density at radius 1 is 1.11 bits per heavy atom. The number of anilines is 2. The number of benzene rings is 1. The molecule has 2 aromatic heterocycles. The standard InChI is InChI=1S/C28H31N7O2/c1-17-5-8-22(33-27(37)21-15-32-35(16-21)28(2,3)4)13-23(17)24(30)11-20(14-29)19-9-10-31-25(12-19)34-26(36)18-6-7-18/h5,8-16,18,29-30H,6-7H2,1-4H3,(H,33,37)(H,31,34,36)/b20-11+,29-14?,30-24?. The van der Waals surface area contributed by atoms with Gasteiger partial charge in [-0.3, -0.25) is 14.3 Å². The van der Waals surface area contributed by atoms with Gasteiger partial charge in [0, 0.05) is 41.4 Å². The number of pyridine rings is 1. The van der Waals surface area contributed by atoms with Crippen molar-refractivity contribution in [2.75, 3.05) is 10.6 Å². The molecule has 9 nitrogen and oxygen atoms in total. The molecule has 0 aliphatic heterocycles. The van der Waals surface area contributed by atoms with E-state index in [4.69, 9.17) is 10.8 Å². The highest BCUT2D eigenvalue weighted by Crippen LogP contribution is 2.30. The molecule has 9 heteroatoms. The Morgan fingerprint density at radius 3 is 2.51 bits per heavy atom. The number of amides is 2. The molecule has 0 bridgehead atoms. The van der Waals surface area contributed by atoms with Crippen LogP contribution in [-0.2, 0) is 10.3 Å². The highest BCUT2D eigenvalue weighted by molar-refractivity contribution is 6.20. The van der Waals surface area contributed by atoms with Crippen LogP contribution in [0.5, 0.6) is 0 Å². The first-order valence-electron chi connectivity index (χ1n) is 12.1. The van der Waals surface area contributed by atoms with E-state index in [1.807, 2.05) is 33.8 Å². The number of aromatic nitrogens is 3. The second kappa shape index (κ2) is 10.3. The second-order valence-electron chi connectivity index (χ2n) is 10.2. The highest BCUT2D eigenvalue weighted by Gasteiger charge is 2.29. The van der Waals surface area contributed by atoms with Gasteiger partial charge in [0.1, 0.15) is 5.82 Å². The van der Waals surface area contributed by atoms with Crippen LogP contribution in [0.2, 0.25) is 0 Å². The van der Waals surface area contributed by atoms with E-state index in [9.17, 15) is 9.59 Å².